The summed E-state index contributed by atoms with van der Waals surface area (Å²) in [5.41, 5.74) is 1.94. The van der Waals surface area contributed by atoms with Crippen molar-refractivity contribution in [2.45, 2.75) is 13.0 Å². The Kier molecular flexibility index (Phi) is 3.75. The fourth-order valence-electron chi connectivity index (χ4n) is 2.00. The Morgan fingerprint density at radius 2 is 2.20 bits per heavy atom. The van der Waals surface area contributed by atoms with Crippen LogP contribution in [0.3, 0.4) is 0 Å². The van der Waals surface area contributed by atoms with Crippen LogP contribution in [-0.4, -0.2) is 35.7 Å². The summed E-state index contributed by atoms with van der Waals surface area (Å²) < 4.78 is 4.74. The molecule has 0 aliphatic heterocycles. The Balaban J connectivity index is 1.60. The summed E-state index contributed by atoms with van der Waals surface area (Å²) in [5, 5.41) is 11.3. The molecule has 1 N–H and O–H groups in total. The van der Waals surface area contributed by atoms with Crippen molar-refractivity contribution in [3.8, 4) is 0 Å². The molecule has 104 valence electrons. The first-order chi connectivity index (χ1) is 9.74. The van der Waals surface area contributed by atoms with Gasteiger partial charge in [-0.1, -0.05) is 0 Å². The zero-order valence-electron chi connectivity index (χ0n) is 11.0. The molecule has 0 atom stereocenters. The zero-order valence-corrected chi connectivity index (χ0v) is 12.6. The van der Waals surface area contributed by atoms with Gasteiger partial charge in [-0.3, -0.25) is 4.40 Å². The van der Waals surface area contributed by atoms with Crippen LogP contribution >= 0.6 is 15.9 Å². The number of aryl methyl sites for hydroxylation is 1. The maximum Gasteiger partial charge on any atom is 0.155 e. The van der Waals surface area contributed by atoms with Gasteiger partial charge < -0.3 is 9.88 Å². The highest BCUT2D eigenvalue weighted by molar-refractivity contribution is 9.10. The highest BCUT2D eigenvalue weighted by atomic mass is 79.9. The second-order valence-corrected chi connectivity index (χ2v) is 5.29. The second kappa shape index (κ2) is 5.68. The standard InChI is InChI=1S/C12H14BrN7/c1-19-8-17-18-11(19)2-3-14-4-9-5-16-12-6-15-10(13)7-20(9)12/h5-8,14H,2-4H2,1H3. The maximum atomic E-state index is 4.32. The zero-order chi connectivity index (χ0) is 13.9. The first-order valence-electron chi connectivity index (χ1n) is 6.25. The minimum Gasteiger partial charge on any atom is -0.321 e. The molecule has 3 heterocycles. The van der Waals surface area contributed by atoms with Gasteiger partial charge in [0.1, 0.15) is 16.8 Å². The monoisotopic (exact) mass is 335 g/mol. The van der Waals surface area contributed by atoms with E-state index in [0.717, 1.165) is 41.3 Å². The smallest absolute Gasteiger partial charge is 0.155 e. The third-order valence-corrected chi connectivity index (χ3v) is 3.49. The molecule has 0 amide bonds. The third kappa shape index (κ3) is 2.70. The number of hydrogen-bond donors (Lipinski definition) is 1. The van der Waals surface area contributed by atoms with Gasteiger partial charge in [0.2, 0.25) is 0 Å². The molecule has 20 heavy (non-hydrogen) atoms. The maximum absolute atomic E-state index is 4.32. The van der Waals surface area contributed by atoms with Gasteiger partial charge in [-0.05, 0) is 15.9 Å². The predicted molar refractivity (Wildman–Crippen MR) is 77.1 cm³/mol. The van der Waals surface area contributed by atoms with E-state index in [4.69, 9.17) is 0 Å². The van der Waals surface area contributed by atoms with Crippen molar-refractivity contribution in [2.75, 3.05) is 6.54 Å². The highest BCUT2D eigenvalue weighted by Gasteiger charge is 2.04. The van der Waals surface area contributed by atoms with Crippen LogP contribution < -0.4 is 5.32 Å². The Hall–Kier alpha value is -1.80. The molecule has 8 heteroatoms. The summed E-state index contributed by atoms with van der Waals surface area (Å²) in [4.78, 5) is 8.47. The molecule has 0 saturated heterocycles. The summed E-state index contributed by atoms with van der Waals surface area (Å²) in [5.74, 6) is 0.975. The minimum absolute atomic E-state index is 0.746. The highest BCUT2D eigenvalue weighted by Crippen LogP contribution is 2.10. The van der Waals surface area contributed by atoms with Gasteiger partial charge in [0.15, 0.2) is 5.65 Å². The van der Waals surface area contributed by atoms with E-state index in [0.29, 0.717) is 0 Å². The first-order valence-corrected chi connectivity index (χ1v) is 7.04. The molecule has 0 unspecified atom stereocenters. The first kappa shape index (κ1) is 13.2. The van der Waals surface area contributed by atoms with Gasteiger partial charge in [-0.2, -0.15) is 0 Å². The lowest BCUT2D eigenvalue weighted by Gasteiger charge is -2.05. The quantitative estimate of drug-likeness (QED) is 0.703. The number of rotatable bonds is 5. The van der Waals surface area contributed by atoms with E-state index in [-0.39, 0.29) is 0 Å². The summed E-state index contributed by atoms with van der Waals surface area (Å²) in [7, 11) is 1.95. The second-order valence-electron chi connectivity index (χ2n) is 4.47. The molecule has 7 nitrogen and oxygen atoms in total. The van der Waals surface area contributed by atoms with Gasteiger partial charge in [-0.25, -0.2) is 9.97 Å². The average molecular weight is 336 g/mol. The predicted octanol–water partition coefficient (Wildman–Crippen LogP) is 0.953. The summed E-state index contributed by atoms with van der Waals surface area (Å²) in [6.45, 7) is 1.58. The van der Waals surface area contributed by atoms with Crippen molar-refractivity contribution in [1.82, 2.24) is 34.4 Å². The molecule has 0 fully saturated rings. The van der Waals surface area contributed by atoms with Crippen LogP contribution in [0.4, 0.5) is 0 Å². The van der Waals surface area contributed by atoms with Crippen LogP contribution in [0, 0.1) is 0 Å². The molecule has 0 aromatic carbocycles. The van der Waals surface area contributed by atoms with Crippen molar-refractivity contribution in [3.63, 3.8) is 0 Å². The lowest BCUT2D eigenvalue weighted by molar-refractivity contribution is 0.642. The lowest BCUT2D eigenvalue weighted by atomic mass is 10.4. The van der Waals surface area contributed by atoms with Crippen LogP contribution in [0.15, 0.2) is 29.5 Å². The van der Waals surface area contributed by atoms with E-state index in [9.17, 15) is 0 Å². The van der Waals surface area contributed by atoms with Crippen molar-refractivity contribution in [1.29, 1.82) is 0 Å². The SMILES string of the molecule is Cn1cnnc1CCNCc1cnc2cnc(Br)cn12. The van der Waals surface area contributed by atoms with Gasteiger partial charge in [-0.15, -0.1) is 10.2 Å². The fraction of sp³-hybridized carbons (Fsp3) is 0.333. The minimum atomic E-state index is 0.746. The van der Waals surface area contributed by atoms with Crippen LogP contribution in [0.2, 0.25) is 0 Å². The number of aromatic nitrogens is 6. The van der Waals surface area contributed by atoms with Gasteiger partial charge in [0.05, 0.1) is 18.1 Å². The molecule has 0 aliphatic carbocycles. The van der Waals surface area contributed by atoms with Crippen molar-refractivity contribution in [2.24, 2.45) is 7.05 Å². The Morgan fingerprint density at radius 3 is 3.00 bits per heavy atom. The number of imidazole rings is 1. The van der Waals surface area contributed by atoms with E-state index < -0.39 is 0 Å². The molecule has 3 aromatic heterocycles. The summed E-state index contributed by atoms with van der Waals surface area (Å²) >= 11 is 3.37. The molecule has 0 bridgehead atoms. The van der Waals surface area contributed by atoms with Crippen molar-refractivity contribution < 1.29 is 0 Å². The molecule has 3 aromatic rings. The lowest BCUT2D eigenvalue weighted by Crippen LogP contribution is -2.19. The topological polar surface area (TPSA) is 72.9 Å². The van der Waals surface area contributed by atoms with Crippen LogP contribution in [0.1, 0.15) is 11.5 Å². The van der Waals surface area contributed by atoms with Crippen molar-refractivity contribution >= 4 is 21.6 Å². The van der Waals surface area contributed by atoms with E-state index >= 15 is 0 Å². The summed E-state index contributed by atoms with van der Waals surface area (Å²) in [6, 6.07) is 0. The van der Waals surface area contributed by atoms with Crippen LogP contribution in [0.25, 0.3) is 5.65 Å². The number of hydrogen-bond acceptors (Lipinski definition) is 5. The van der Waals surface area contributed by atoms with Crippen molar-refractivity contribution in [3.05, 3.63) is 41.0 Å². The number of halogens is 1. The number of nitrogens with zero attached hydrogens (tertiary/aromatic N) is 6. The number of nitrogens with one attached hydrogen (secondary N) is 1. The van der Waals surface area contributed by atoms with E-state index in [1.807, 2.05) is 28.4 Å². The Labute approximate surface area is 124 Å². The number of fused-ring (bicyclic) bond motifs is 1. The molecule has 0 spiro atoms. The van der Waals surface area contributed by atoms with E-state index in [1.54, 1.807) is 12.5 Å². The molecule has 0 aliphatic rings. The van der Waals surface area contributed by atoms with Gasteiger partial charge in [0.25, 0.3) is 0 Å². The molecular weight excluding hydrogens is 322 g/mol. The normalized spacial score (nSPS) is 11.3. The molecule has 0 saturated carbocycles. The molecule has 0 radical (unpaired) electrons. The van der Waals surface area contributed by atoms with E-state index in [2.05, 4.69) is 41.4 Å². The third-order valence-electron chi connectivity index (χ3n) is 3.08. The van der Waals surface area contributed by atoms with Gasteiger partial charge >= 0.3 is 0 Å². The average Bonchev–Trinajstić information content (AvgIpc) is 3.01. The molecule has 3 rings (SSSR count). The Morgan fingerprint density at radius 1 is 1.30 bits per heavy atom. The van der Waals surface area contributed by atoms with Crippen LogP contribution in [-0.2, 0) is 20.0 Å². The van der Waals surface area contributed by atoms with Crippen LogP contribution in [0.5, 0.6) is 0 Å². The Bertz CT molecular complexity index is 717. The van der Waals surface area contributed by atoms with Gasteiger partial charge in [0, 0.05) is 32.8 Å². The largest absolute Gasteiger partial charge is 0.321 e. The summed E-state index contributed by atoms with van der Waals surface area (Å²) in [6.07, 6.45) is 8.08. The van der Waals surface area contributed by atoms with E-state index in [1.165, 1.54) is 0 Å². The molecular formula is C12H14BrN7. The fourth-order valence-corrected chi connectivity index (χ4v) is 2.30.